The van der Waals surface area contributed by atoms with Gasteiger partial charge in [-0.05, 0) is 19.1 Å². The lowest BCUT2D eigenvalue weighted by atomic mass is 10.1. The molecule has 82 valence electrons. The number of ether oxygens (including phenoxy) is 1. The van der Waals surface area contributed by atoms with Gasteiger partial charge in [0, 0.05) is 10.9 Å². The van der Waals surface area contributed by atoms with Gasteiger partial charge in [-0.3, -0.25) is 0 Å². The predicted octanol–water partition coefficient (Wildman–Crippen LogP) is 3.04. The van der Waals surface area contributed by atoms with Gasteiger partial charge in [0.15, 0.2) is 0 Å². The maximum atomic E-state index is 13.5. The third-order valence-electron chi connectivity index (χ3n) is 1.75. The Labute approximate surface area is 94.4 Å². The zero-order valence-electron chi connectivity index (χ0n) is 8.02. The number of esters is 1. The number of carbonyl (C=O) groups excluding carboxylic acids is 1. The van der Waals surface area contributed by atoms with Gasteiger partial charge < -0.3 is 4.74 Å². The minimum Gasteiger partial charge on any atom is -0.462 e. The molecule has 0 saturated heterocycles. The lowest BCUT2D eigenvalue weighted by Crippen LogP contribution is -2.09. The third-order valence-corrected chi connectivity index (χ3v) is 2.36. The summed E-state index contributed by atoms with van der Waals surface area (Å²) in [5.41, 5.74) is -0.274. The summed E-state index contributed by atoms with van der Waals surface area (Å²) < 4.78 is 31.1. The van der Waals surface area contributed by atoms with Crippen LogP contribution in [0.25, 0.3) is 0 Å². The van der Waals surface area contributed by atoms with Crippen molar-refractivity contribution in [3.05, 3.63) is 34.9 Å². The molecule has 0 aliphatic rings. The highest BCUT2D eigenvalue weighted by molar-refractivity contribution is 9.08. The molecular formula is C10H9BrF2O2. The molecule has 0 unspecified atom stereocenters. The van der Waals surface area contributed by atoms with Gasteiger partial charge in [-0.15, -0.1) is 0 Å². The molecule has 0 atom stereocenters. The Morgan fingerprint density at radius 1 is 1.47 bits per heavy atom. The second kappa shape index (κ2) is 5.21. The molecule has 0 fully saturated rings. The Morgan fingerprint density at radius 3 is 2.67 bits per heavy atom. The molecule has 1 aromatic rings. The molecule has 0 amide bonds. The largest absolute Gasteiger partial charge is 0.462 e. The quantitative estimate of drug-likeness (QED) is 0.628. The van der Waals surface area contributed by atoms with Crippen LogP contribution >= 0.6 is 15.9 Å². The van der Waals surface area contributed by atoms with Crippen molar-refractivity contribution in [2.24, 2.45) is 0 Å². The molecule has 15 heavy (non-hydrogen) atoms. The predicted molar refractivity (Wildman–Crippen MR) is 54.9 cm³/mol. The van der Waals surface area contributed by atoms with E-state index in [0.29, 0.717) is 0 Å². The zero-order chi connectivity index (χ0) is 11.4. The van der Waals surface area contributed by atoms with Crippen LogP contribution in [0.5, 0.6) is 0 Å². The molecule has 0 aliphatic carbocycles. The third kappa shape index (κ3) is 2.75. The molecule has 0 aliphatic heterocycles. The molecule has 1 aromatic carbocycles. The number of hydrogen-bond donors (Lipinski definition) is 0. The summed E-state index contributed by atoms with van der Waals surface area (Å²) in [7, 11) is 0. The molecule has 0 heterocycles. The minimum absolute atomic E-state index is 0.0954. The monoisotopic (exact) mass is 278 g/mol. The van der Waals surface area contributed by atoms with Gasteiger partial charge in [0.25, 0.3) is 0 Å². The van der Waals surface area contributed by atoms with Crippen LogP contribution in [0.2, 0.25) is 0 Å². The van der Waals surface area contributed by atoms with Crippen molar-refractivity contribution >= 4 is 21.9 Å². The van der Waals surface area contributed by atoms with Gasteiger partial charge >= 0.3 is 5.97 Å². The summed E-state index contributed by atoms with van der Waals surface area (Å²) in [4.78, 5) is 11.2. The van der Waals surface area contributed by atoms with E-state index in [1.54, 1.807) is 6.92 Å². The van der Waals surface area contributed by atoms with Gasteiger partial charge in [0.2, 0.25) is 0 Å². The van der Waals surface area contributed by atoms with Crippen molar-refractivity contribution in [3.8, 4) is 0 Å². The zero-order valence-corrected chi connectivity index (χ0v) is 9.61. The van der Waals surface area contributed by atoms with Crippen LogP contribution in [0.3, 0.4) is 0 Å². The fourth-order valence-electron chi connectivity index (χ4n) is 1.10. The van der Waals surface area contributed by atoms with Crippen LogP contribution in [0, 0.1) is 11.6 Å². The van der Waals surface area contributed by atoms with Gasteiger partial charge in [-0.2, -0.15) is 0 Å². The van der Waals surface area contributed by atoms with Crippen molar-refractivity contribution in [2.75, 3.05) is 6.61 Å². The molecule has 0 N–H and O–H groups in total. The van der Waals surface area contributed by atoms with Gasteiger partial charge in [0.1, 0.15) is 11.6 Å². The second-order valence-corrected chi connectivity index (χ2v) is 3.34. The molecule has 0 saturated carbocycles. The van der Waals surface area contributed by atoms with Crippen LogP contribution < -0.4 is 0 Å². The maximum absolute atomic E-state index is 13.5. The van der Waals surface area contributed by atoms with E-state index in [9.17, 15) is 13.6 Å². The van der Waals surface area contributed by atoms with Gasteiger partial charge in [-0.25, -0.2) is 13.6 Å². The highest BCUT2D eigenvalue weighted by atomic mass is 79.9. The summed E-state index contributed by atoms with van der Waals surface area (Å²) in [6.45, 7) is 1.72. The lowest BCUT2D eigenvalue weighted by molar-refractivity contribution is 0.0520. The van der Waals surface area contributed by atoms with E-state index in [1.165, 1.54) is 0 Å². The van der Waals surface area contributed by atoms with Gasteiger partial charge in [0.05, 0.1) is 12.2 Å². The summed E-state index contributed by atoms with van der Waals surface area (Å²) in [5, 5.41) is 0.142. The van der Waals surface area contributed by atoms with E-state index in [-0.39, 0.29) is 23.1 Å². The van der Waals surface area contributed by atoms with Crippen LogP contribution in [-0.4, -0.2) is 12.6 Å². The van der Waals surface area contributed by atoms with Crippen LogP contribution in [0.1, 0.15) is 22.8 Å². The maximum Gasteiger partial charge on any atom is 0.341 e. The molecule has 5 heteroatoms. The van der Waals surface area contributed by atoms with E-state index < -0.39 is 17.6 Å². The average molecular weight is 279 g/mol. The molecule has 0 spiro atoms. The Morgan fingerprint density at radius 2 is 2.13 bits per heavy atom. The second-order valence-electron chi connectivity index (χ2n) is 2.78. The fraction of sp³-hybridized carbons (Fsp3) is 0.300. The number of hydrogen-bond acceptors (Lipinski definition) is 2. The number of rotatable bonds is 3. The summed E-state index contributed by atoms with van der Waals surface area (Å²) in [5.74, 6) is -2.25. The SMILES string of the molecule is CCOC(=O)c1cc(F)cc(CBr)c1F. The standard InChI is InChI=1S/C10H9BrF2O2/c1-2-15-10(14)8-4-7(12)3-6(5-11)9(8)13/h3-4H,2,5H2,1H3. The molecule has 1 rings (SSSR count). The van der Waals surface area contributed by atoms with Crippen molar-refractivity contribution in [1.29, 1.82) is 0 Å². The fourth-order valence-corrected chi connectivity index (χ4v) is 1.51. The topological polar surface area (TPSA) is 26.3 Å². The number of carbonyl (C=O) groups is 1. The first-order chi connectivity index (χ1) is 7.10. The first-order valence-electron chi connectivity index (χ1n) is 4.31. The molecular weight excluding hydrogens is 270 g/mol. The van der Waals surface area contributed by atoms with E-state index >= 15 is 0 Å². The Kier molecular flexibility index (Phi) is 4.20. The van der Waals surface area contributed by atoms with Crippen molar-refractivity contribution < 1.29 is 18.3 Å². The summed E-state index contributed by atoms with van der Waals surface area (Å²) in [6.07, 6.45) is 0. The Bertz CT molecular complexity index is 380. The normalized spacial score (nSPS) is 10.1. The molecule has 2 nitrogen and oxygen atoms in total. The molecule has 0 bridgehead atoms. The first-order valence-corrected chi connectivity index (χ1v) is 5.43. The smallest absolute Gasteiger partial charge is 0.341 e. The Hall–Kier alpha value is -0.970. The number of alkyl halides is 1. The van der Waals surface area contributed by atoms with Crippen molar-refractivity contribution in [1.82, 2.24) is 0 Å². The van der Waals surface area contributed by atoms with E-state index in [0.717, 1.165) is 12.1 Å². The summed E-state index contributed by atoms with van der Waals surface area (Å²) in [6, 6.07) is 1.87. The molecule has 0 aromatic heterocycles. The number of halogens is 3. The van der Waals surface area contributed by atoms with Gasteiger partial charge in [-0.1, -0.05) is 15.9 Å². The van der Waals surface area contributed by atoms with Crippen LogP contribution in [0.15, 0.2) is 12.1 Å². The first kappa shape index (κ1) is 12.1. The van der Waals surface area contributed by atoms with E-state index in [1.807, 2.05) is 0 Å². The number of benzene rings is 1. The van der Waals surface area contributed by atoms with Crippen molar-refractivity contribution in [2.45, 2.75) is 12.3 Å². The van der Waals surface area contributed by atoms with Crippen LogP contribution in [-0.2, 0) is 10.1 Å². The van der Waals surface area contributed by atoms with E-state index in [4.69, 9.17) is 0 Å². The van der Waals surface area contributed by atoms with E-state index in [2.05, 4.69) is 20.7 Å². The van der Waals surface area contributed by atoms with Crippen molar-refractivity contribution in [3.63, 3.8) is 0 Å². The average Bonchev–Trinajstić information content (AvgIpc) is 2.21. The lowest BCUT2D eigenvalue weighted by Gasteiger charge is -2.06. The molecule has 0 radical (unpaired) electrons. The summed E-state index contributed by atoms with van der Waals surface area (Å²) >= 11 is 3.01. The van der Waals surface area contributed by atoms with Crippen LogP contribution in [0.4, 0.5) is 8.78 Å². The highest BCUT2D eigenvalue weighted by Gasteiger charge is 2.17. The highest BCUT2D eigenvalue weighted by Crippen LogP contribution is 2.18. The Balaban J connectivity index is 3.17. The minimum atomic E-state index is -0.850.